The molecular weight excluding hydrogens is 266 g/mol. The molecule has 0 heterocycles. The first-order valence-corrected chi connectivity index (χ1v) is 7.44. The summed E-state index contributed by atoms with van der Waals surface area (Å²) in [5.74, 6) is -0.439. The molecule has 21 heavy (non-hydrogen) atoms. The first-order valence-electron chi connectivity index (χ1n) is 7.44. The summed E-state index contributed by atoms with van der Waals surface area (Å²) in [6, 6.07) is 8.78. The molecule has 0 unspecified atom stereocenters. The number of carbonyl (C=O) groups is 2. The van der Waals surface area contributed by atoms with Crippen molar-refractivity contribution in [3.63, 3.8) is 0 Å². The van der Waals surface area contributed by atoms with E-state index in [0.717, 1.165) is 12.8 Å². The SMILES string of the molecule is CC[C@H](C)N(C(=O)CNCCCN)C(=O)c1ccccc1. The highest BCUT2D eigenvalue weighted by atomic mass is 16.2. The fourth-order valence-corrected chi connectivity index (χ4v) is 1.97. The minimum atomic E-state index is -0.240. The lowest BCUT2D eigenvalue weighted by Gasteiger charge is -2.27. The van der Waals surface area contributed by atoms with Crippen molar-refractivity contribution < 1.29 is 9.59 Å². The molecule has 0 radical (unpaired) electrons. The maximum atomic E-state index is 12.5. The molecule has 1 aromatic carbocycles. The molecule has 5 nitrogen and oxygen atoms in total. The van der Waals surface area contributed by atoms with Gasteiger partial charge in [0.15, 0.2) is 0 Å². The highest BCUT2D eigenvalue weighted by Gasteiger charge is 2.26. The first-order chi connectivity index (χ1) is 10.1. The molecule has 0 aromatic heterocycles. The zero-order chi connectivity index (χ0) is 15.7. The van der Waals surface area contributed by atoms with Gasteiger partial charge in [-0.15, -0.1) is 0 Å². The molecule has 0 bridgehead atoms. The Morgan fingerprint density at radius 3 is 2.52 bits per heavy atom. The van der Waals surface area contributed by atoms with Crippen LogP contribution >= 0.6 is 0 Å². The minimum Gasteiger partial charge on any atom is -0.330 e. The smallest absolute Gasteiger partial charge is 0.260 e. The summed E-state index contributed by atoms with van der Waals surface area (Å²) >= 11 is 0. The Hall–Kier alpha value is -1.72. The van der Waals surface area contributed by atoms with Crippen molar-refractivity contribution in [2.75, 3.05) is 19.6 Å². The van der Waals surface area contributed by atoms with Crippen molar-refractivity contribution in [3.05, 3.63) is 35.9 Å². The minimum absolute atomic E-state index is 0.124. The van der Waals surface area contributed by atoms with Crippen LogP contribution in [0.5, 0.6) is 0 Å². The zero-order valence-electron chi connectivity index (χ0n) is 12.8. The summed E-state index contributed by atoms with van der Waals surface area (Å²) in [7, 11) is 0. The number of rotatable bonds is 8. The third-order valence-corrected chi connectivity index (χ3v) is 3.37. The standard InChI is InChI=1S/C16H25N3O2/c1-3-13(2)19(15(20)12-18-11-7-10-17)16(21)14-8-5-4-6-9-14/h4-6,8-9,13,18H,3,7,10-12,17H2,1-2H3/t13-/m0/s1. The molecule has 0 aliphatic rings. The Balaban J connectivity index is 2.76. The average Bonchev–Trinajstić information content (AvgIpc) is 2.52. The third-order valence-electron chi connectivity index (χ3n) is 3.37. The van der Waals surface area contributed by atoms with Gasteiger partial charge in [0.05, 0.1) is 6.54 Å². The summed E-state index contributed by atoms with van der Waals surface area (Å²) in [5, 5.41) is 3.03. The van der Waals surface area contributed by atoms with Crippen LogP contribution < -0.4 is 11.1 Å². The lowest BCUT2D eigenvalue weighted by molar-refractivity contribution is -0.129. The number of nitrogens with one attached hydrogen (secondary N) is 1. The maximum Gasteiger partial charge on any atom is 0.260 e. The molecule has 116 valence electrons. The molecule has 0 saturated carbocycles. The summed E-state index contributed by atoms with van der Waals surface area (Å²) in [5.41, 5.74) is 5.95. The number of amides is 2. The van der Waals surface area contributed by atoms with Gasteiger partial charge in [-0.25, -0.2) is 0 Å². The lowest BCUT2D eigenvalue weighted by atomic mass is 10.1. The number of imide groups is 1. The van der Waals surface area contributed by atoms with Gasteiger partial charge in [-0.3, -0.25) is 14.5 Å². The van der Waals surface area contributed by atoms with E-state index in [9.17, 15) is 9.59 Å². The van der Waals surface area contributed by atoms with Crippen molar-refractivity contribution >= 4 is 11.8 Å². The summed E-state index contributed by atoms with van der Waals surface area (Å²) in [6.45, 7) is 5.27. The predicted molar refractivity (Wildman–Crippen MR) is 83.9 cm³/mol. The van der Waals surface area contributed by atoms with E-state index in [-0.39, 0.29) is 24.4 Å². The fourth-order valence-electron chi connectivity index (χ4n) is 1.97. The van der Waals surface area contributed by atoms with E-state index in [1.165, 1.54) is 4.90 Å². The van der Waals surface area contributed by atoms with Crippen LogP contribution in [0.2, 0.25) is 0 Å². The molecule has 0 fully saturated rings. The van der Waals surface area contributed by atoms with Crippen LogP contribution in [0.1, 0.15) is 37.0 Å². The van der Waals surface area contributed by atoms with Crippen LogP contribution in [-0.2, 0) is 4.79 Å². The van der Waals surface area contributed by atoms with Gasteiger partial charge in [-0.2, -0.15) is 0 Å². The van der Waals surface area contributed by atoms with Gasteiger partial charge in [0.25, 0.3) is 5.91 Å². The van der Waals surface area contributed by atoms with Gasteiger partial charge in [0.1, 0.15) is 0 Å². The van der Waals surface area contributed by atoms with Gasteiger partial charge in [0, 0.05) is 11.6 Å². The van der Waals surface area contributed by atoms with Crippen molar-refractivity contribution in [2.24, 2.45) is 5.73 Å². The van der Waals surface area contributed by atoms with E-state index < -0.39 is 0 Å². The van der Waals surface area contributed by atoms with E-state index in [4.69, 9.17) is 5.73 Å². The quantitative estimate of drug-likeness (QED) is 0.710. The van der Waals surface area contributed by atoms with Gasteiger partial charge >= 0.3 is 0 Å². The summed E-state index contributed by atoms with van der Waals surface area (Å²) in [4.78, 5) is 26.2. The number of hydrogen-bond donors (Lipinski definition) is 2. The van der Waals surface area contributed by atoms with Crippen LogP contribution in [0.3, 0.4) is 0 Å². The highest BCUT2D eigenvalue weighted by molar-refractivity contribution is 6.05. The van der Waals surface area contributed by atoms with Crippen LogP contribution in [-0.4, -0.2) is 42.4 Å². The third kappa shape index (κ3) is 5.28. The van der Waals surface area contributed by atoms with Crippen molar-refractivity contribution in [1.29, 1.82) is 0 Å². The van der Waals surface area contributed by atoms with Gasteiger partial charge < -0.3 is 11.1 Å². The highest BCUT2D eigenvalue weighted by Crippen LogP contribution is 2.11. The molecular formula is C16H25N3O2. The molecule has 0 aliphatic carbocycles. The van der Waals surface area contributed by atoms with Gasteiger partial charge in [0.2, 0.25) is 5.91 Å². The van der Waals surface area contributed by atoms with Gasteiger partial charge in [-0.1, -0.05) is 25.1 Å². The molecule has 1 atom stereocenters. The van der Waals surface area contributed by atoms with E-state index in [2.05, 4.69) is 5.32 Å². The number of hydrogen-bond acceptors (Lipinski definition) is 4. The van der Waals surface area contributed by atoms with E-state index >= 15 is 0 Å². The Morgan fingerprint density at radius 2 is 1.95 bits per heavy atom. The molecule has 3 N–H and O–H groups in total. The molecule has 5 heteroatoms. The second kappa shape index (κ2) is 9.26. The number of nitrogens with zero attached hydrogens (tertiary/aromatic N) is 1. The molecule has 0 aliphatic heterocycles. The predicted octanol–water partition coefficient (Wildman–Crippen LogP) is 1.39. The summed E-state index contributed by atoms with van der Waals surface area (Å²) in [6.07, 6.45) is 1.54. The monoisotopic (exact) mass is 291 g/mol. The van der Waals surface area contributed by atoms with Crippen LogP contribution in [0.15, 0.2) is 30.3 Å². The van der Waals surface area contributed by atoms with Crippen molar-refractivity contribution in [3.8, 4) is 0 Å². The second-order valence-electron chi connectivity index (χ2n) is 5.01. The lowest BCUT2D eigenvalue weighted by Crippen LogP contribution is -2.47. The Kier molecular flexibility index (Phi) is 7.64. The Bertz CT molecular complexity index is 448. The summed E-state index contributed by atoms with van der Waals surface area (Å²) < 4.78 is 0. The number of carbonyl (C=O) groups excluding carboxylic acids is 2. The normalized spacial score (nSPS) is 12.0. The Morgan fingerprint density at radius 1 is 1.29 bits per heavy atom. The largest absolute Gasteiger partial charge is 0.330 e. The molecule has 1 rings (SSSR count). The average molecular weight is 291 g/mol. The van der Waals surface area contributed by atoms with Crippen LogP contribution in [0.4, 0.5) is 0 Å². The second-order valence-corrected chi connectivity index (χ2v) is 5.01. The van der Waals surface area contributed by atoms with Crippen LogP contribution in [0.25, 0.3) is 0 Å². The first kappa shape index (κ1) is 17.3. The zero-order valence-corrected chi connectivity index (χ0v) is 12.8. The number of benzene rings is 1. The van der Waals surface area contributed by atoms with Crippen molar-refractivity contribution in [2.45, 2.75) is 32.7 Å². The van der Waals surface area contributed by atoms with E-state index in [0.29, 0.717) is 18.7 Å². The maximum absolute atomic E-state index is 12.5. The van der Waals surface area contributed by atoms with Crippen molar-refractivity contribution in [1.82, 2.24) is 10.2 Å². The molecule has 0 saturated heterocycles. The molecule has 2 amide bonds. The van der Waals surface area contributed by atoms with Gasteiger partial charge in [-0.05, 0) is 45.0 Å². The number of nitrogens with two attached hydrogens (primary N) is 1. The fraction of sp³-hybridized carbons (Fsp3) is 0.500. The van der Waals surface area contributed by atoms with Crippen LogP contribution in [0, 0.1) is 0 Å². The topological polar surface area (TPSA) is 75.4 Å². The molecule has 0 spiro atoms. The molecule has 1 aromatic rings. The Labute approximate surface area is 126 Å². The van der Waals surface area contributed by atoms with E-state index in [1.807, 2.05) is 19.9 Å². The van der Waals surface area contributed by atoms with E-state index in [1.54, 1.807) is 24.3 Å².